The molecule has 0 aliphatic rings. The first kappa shape index (κ1) is 23.5. The number of nitrogens with zero attached hydrogens (tertiary/aromatic N) is 1. The van der Waals surface area contributed by atoms with Crippen LogP contribution in [0.25, 0.3) is 0 Å². The number of amides is 1. The highest BCUT2D eigenvalue weighted by Gasteiger charge is 2.31. The molecule has 0 aliphatic heterocycles. The van der Waals surface area contributed by atoms with Gasteiger partial charge in [-0.1, -0.05) is 72.3 Å². The molecule has 0 fully saturated rings. The smallest absolute Gasteiger partial charge is 0.368 e. The second-order valence-electron chi connectivity index (χ2n) is 8.04. The highest BCUT2D eigenvalue weighted by molar-refractivity contribution is 5.81. The number of rotatable bonds is 8. The second-order valence-corrected chi connectivity index (χ2v) is 8.04. The van der Waals surface area contributed by atoms with E-state index in [4.69, 9.17) is 5.73 Å². The fourth-order valence-electron chi connectivity index (χ4n) is 3.97. The summed E-state index contributed by atoms with van der Waals surface area (Å²) in [6.45, 7) is 2.00. The van der Waals surface area contributed by atoms with E-state index >= 15 is 0 Å². The van der Waals surface area contributed by atoms with Gasteiger partial charge in [0.15, 0.2) is 0 Å². The average Bonchev–Trinajstić information content (AvgIpc) is 2.75. The average molecular weight is 441 g/mol. The molecule has 2 N–H and O–H groups in total. The Morgan fingerprint density at radius 3 is 2.03 bits per heavy atom. The Kier molecular flexibility index (Phi) is 7.36. The van der Waals surface area contributed by atoms with Crippen LogP contribution in [0.4, 0.5) is 13.2 Å². The van der Waals surface area contributed by atoms with Crippen LogP contribution in [0.1, 0.15) is 46.3 Å². The third-order valence-corrected chi connectivity index (χ3v) is 5.73. The van der Waals surface area contributed by atoms with Crippen molar-refractivity contribution in [2.45, 2.75) is 38.0 Å². The van der Waals surface area contributed by atoms with E-state index in [1.807, 2.05) is 73.5 Å². The van der Waals surface area contributed by atoms with Crippen LogP contribution in [0.15, 0.2) is 78.9 Å². The van der Waals surface area contributed by atoms with Crippen molar-refractivity contribution < 1.29 is 18.0 Å². The van der Waals surface area contributed by atoms with Gasteiger partial charge in [-0.15, -0.1) is 0 Å². The highest BCUT2D eigenvalue weighted by Crippen LogP contribution is 2.33. The van der Waals surface area contributed by atoms with Gasteiger partial charge in [0.25, 0.3) is 0 Å². The monoisotopic (exact) mass is 440 g/mol. The third-order valence-electron chi connectivity index (χ3n) is 5.73. The summed E-state index contributed by atoms with van der Waals surface area (Å²) in [7, 11) is 1.86. The van der Waals surface area contributed by atoms with E-state index in [1.165, 1.54) is 12.1 Å². The van der Waals surface area contributed by atoms with Crippen molar-refractivity contribution in [3.8, 4) is 0 Å². The molecule has 0 saturated heterocycles. The Labute approximate surface area is 186 Å². The van der Waals surface area contributed by atoms with Crippen LogP contribution in [0.3, 0.4) is 0 Å². The fourth-order valence-corrected chi connectivity index (χ4v) is 3.97. The number of alkyl halides is 3. The molecule has 0 bridgehead atoms. The van der Waals surface area contributed by atoms with E-state index in [0.717, 1.165) is 34.4 Å². The summed E-state index contributed by atoms with van der Waals surface area (Å²) in [5.74, 6) is -0.453. The SMILES string of the molecule is Cc1ccc(C(CCc2ccc(C(F)(F)F)cc2)N(C)C(C(N)=O)c2ccccc2)cc1. The molecule has 3 aromatic rings. The normalized spacial score (nSPS) is 13.7. The van der Waals surface area contributed by atoms with Gasteiger partial charge >= 0.3 is 6.18 Å². The third kappa shape index (κ3) is 5.77. The standard InChI is InChI=1S/C26H27F3N2O/c1-18-8-13-20(14-9-18)23(17-12-19-10-15-22(16-11-19)26(27,28)29)31(2)24(25(30)32)21-6-4-3-5-7-21/h3-11,13-16,23-24H,12,17H2,1-2H3,(H2,30,32). The number of hydrogen-bond donors (Lipinski definition) is 1. The summed E-state index contributed by atoms with van der Waals surface area (Å²) in [6.07, 6.45) is -3.18. The Morgan fingerprint density at radius 1 is 0.906 bits per heavy atom. The lowest BCUT2D eigenvalue weighted by Crippen LogP contribution is -2.38. The van der Waals surface area contributed by atoms with Gasteiger partial charge in [0.05, 0.1) is 5.56 Å². The molecule has 0 radical (unpaired) electrons. The van der Waals surface area contributed by atoms with Crippen LogP contribution in [-0.4, -0.2) is 17.9 Å². The number of primary amides is 1. The van der Waals surface area contributed by atoms with Gasteiger partial charge < -0.3 is 5.73 Å². The summed E-state index contributed by atoms with van der Waals surface area (Å²) in [5.41, 5.74) is 8.87. The van der Waals surface area contributed by atoms with Crippen molar-refractivity contribution in [3.05, 3.63) is 107 Å². The molecule has 0 aliphatic carbocycles. The first-order valence-corrected chi connectivity index (χ1v) is 10.5. The van der Waals surface area contributed by atoms with Crippen molar-refractivity contribution in [1.82, 2.24) is 4.90 Å². The number of aryl methyl sites for hydroxylation is 2. The molecule has 3 nitrogen and oxygen atoms in total. The maximum absolute atomic E-state index is 12.9. The van der Waals surface area contributed by atoms with Crippen molar-refractivity contribution in [1.29, 1.82) is 0 Å². The molecule has 0 saturated carbocycles. The molecular formula is C26H27F3N2O. The summed E-state index contributed by atoms with van der Waals surface area (Å²) in [5, 5.41) is 0. The number of benzene rings is 3. The number of likely N-dealkylation sites (N-methyl/N-ethyl adjacent to an activating group) is 1. The lowest BCUT2D eigenvalue weighted by Gasteiger charge is -2.34. The Bertz CT molecular complexity index is 1020. The van der Waals surface area contributed by atoms with Gasteiger partial charge in [-0.3, -0.25) is 9.69 Å². The van der Waals surface area contributed by atoms with Crippen LogP contribution in [-0.2, 0) is 17.4 Å². The van der Waals surface area contributed by atoms with E-state index in [-0.39, 0.29) is 6.04 Å². The molecule has 6 heteroatoms. The van der Waals surface area contributed by atoms with Gasteiger partial charge in [0.2, 0.25) is 5.91 Å². The predicted molar refractivity (Wildman–Crippen MR) is 120 cm³/mol. The minimum Gasteiger partial charge on any atom is -0.368 e. The molecule has 168 valence electrons. The first-order chi connectivity index (χ1) is 15.2. The van der Waals surface area contributed by atoms with Crippen LogP contribution in [0.2, 0.25) is 0 Å². The maximum Gasteiger partial charge on any atom is 0.416 e. The number of carbonyl (C=O) groups excluding carboxylic acids is 1. The lowest BCUT2D eigenvalue weighted by molar-refractivity contribution is -0.137. The largest absolute Gasteiger partial charge is 0.416 e. The zero-order chi connectivity index (χ0) is 23.3. The van der Waals surface area contributed by atoms with Crippen molar-refractivity contribution in [2.75, 3.05) is 7.05 Å². The number of carbonyl (C=O) groups is 1. The minimum atomic E-state index is -4.35. The van der Waals surface area contributed by atoms with Crippen LogP contribution in [0, 0.1) is 6.92 Å². The van der Waals surface area contributed by atoms with Crippen LogP contribution < -0.4 is 5.73 Å². The molecule has 2 atom stereocenters. The first-order valence-electron chi connectivity index (χ1n) is 10.5. The minimum absolute atomic E-state index is 0.157. The van der Waals surface area contributed by atoms with Gasteiger partial charge in [-0.05, 0) is 55.6 Å². The second kappa shape index (κ2) is 10.0. The van der Waals surface area contributed by atoms with Crippen LogP contribution in [0.5, 0.6) is 0 Å². The molecule has 3 aromatic carbocycles. The van der Waals surface area contributed by atoms with E-state index in [2.05, 4.69) is 0 Å². The molecule has 3 rings (SSSR count). The van der Waals surface area contributed by atoms with E-state index < -0.39 is 23.7 Å². The number of hydrogen-bond acceptors (Lipinski definition) is 2. The van der Waals surface area contributed by atoms with Gasteiger partial charge in [0.1, 0.15) is 6.04 Å². The summed E-state index contributed by atoms with van der Waals surface area (Å²) < 4.78 is 38.6. The molecule has 0 heterocycles. The van der Waals surface area contributed by atoms with E-state index in [0.29, 0.717) is 12.8 Å². The summed E-state index contributed by atoms with van der Waals surface area (Å²) in [4.78, 5) is 14.4. The number of nitrogens with two attached hydrogens (primary N) is 1. The van der Waals surface area contributed by atoms with E-state index in [1.54, 1.807) is 0 Å². The molecule has 0 spiro atoms. The zero-order valence-electron chi connectivity index (χ0n) is 18.1. The Balaban J connectivity index is 1.88. The summed E-state index contributed by atoms with van der Waals surface area (Å²) >= 11 is 0. The maximum atomic E-state index is 12.9. The molecule has 1 amide bonds. The Hall–Kier alpha value is -3.12. The predicted octanol–water partition coefficient (Wildman–Crippen LogP) is 5.85. The molecular weight excluding hydrogens is 413 g/mol. The lowest BCUT2D eigenvalue weighted by atomic mass is 9.94. The number of halogens is 3. The zero-order valence-corrected chi connectivity index (χ0v) is 18.1. The topological polar surface area (TPSA) is 46.3 Å². The molecule has 2 unspecified atom stereocenters. The summed E-state index contributed by atoms with van der Waals surface area (Å²) in [6, 6.07) is 21.9. The van der Waals surface area contributed by atoms with Gasteiger partial charge in [-0.2, -0.15) is 13.2 Å². The molecule has 32 heavy (non-hydrogen) atoms. The van der Waals surface area contributed by atoms with Crippen LogP contribution >= 0.6 is 0 Å². The highest BCUT2D eigenvalue weighted by atomic mass is 19.4. The molecule has 0 aromatic heterocycles. The Morgan fingerprint density at radius 2 is 1.50 bits per heavy atom. The van der Waals surface area contributed by atoms with Crippen molar-refractivity contribution >= 4 is 5.91 Å². The quantitative estimate of drug-likeness (QED) is 0.478. The van der Waals surface area contributed by atoms with Crippen molar-refractivity contribution in [3.63, 3.8) is 0 Å². The van der Waals surface area contributed by atoms with Gasteiger partial charge in [-0.25, -0.2) is 0 Å². The fraction of sp³-hybridized carbons (Fsp3) is 0.269. The van der Waals surface area contributed by atoms with E-state index in [9.17, 15) is 18.0 Å². The van der Waals surface area contributed by atoms with Gasteiger partial charge in [0, 0.05) is 6.04 Å². The van der Waals surface area contributed by atoms with Crippen molar-refractivity contribution in [2.24, 2.45) is 5.73 Å².